The number of benzene rings is 2. The minimum atomic E-state index is -0.279. The van der Waals surface area contributed by atoms with E-state index in [1.165, 1.54) is 0 Å². The molecule has 0 atom stereocenters. The summed E-state index contributed by atoms with van der Waals surface area (Å²) in [4.78, 5) is 27.6. The number of nitrogens with zero attached hydrogens (tertiary/aromatic N) is 2. The minimum Gasteiger partial charge on any atom is -0.483 e. The number of nitrogens with one attached hydrogen (secondary N) is 1. The summed E-state index contributed by atoms with van der Waals surface area (Å²) in [5.41, 5.74) is 2.35. The molecule has 0 spiro atoms. The van der Waals surface area contributed by atoms with E-state index < -0.39 is 0 Å². The molecule has 6 nitrogen and oxygen atoms in total. The summed E-state index contributed by atoms with van der Waals surface area (Å²) in [5.74, 6) is 0.422. The molecular weight excluding hydrogens is 413 g/mol. The third kappa shape index (κ3) is 5.55. The Balaban J connectivity index is 1.56. The highest BCUT2D eigenvalue weighted by Crippen LogP contribution is 2.30. The van der Waals surface area contributed by atoms with Crippen LogP contribution in [-0.2, 0) is 9.59 Å². The highest BCUT2D eigenvalue weighted by Gasteiger charge is 2.20. The van der Waals surface area contributed by atoms with Gasteiger partial charge in [-0.1, -0.05) is 23.2 Å². The highest BCUT2D eigenvalue weighted by molar-refractivity contribution is 6.33. The van der Waals surface area contributed by atoms with Gasteiger partial charge in [-0.05, 0) is 48.9 Å². The number of piperazine rings is 1. The molecule has 1 saturated heterocycles. The van der Waals surface area contributed by atoms with Gasteiger partial charge in [0.25, 0.3) is 5.91 Å². The molecule has 2 aromatic rings. The van der Waals surface area contributed by atoms with Crippen LogP contribution in [0.25, 0.3) is 0 Å². The maximum Gasteiger partial charge on any atom is 0.262 e. The van der Waals surface area contributed by atoms with Crippen LogP contribution in [0.2, 0.25) is 10.0 Å². The summed E-state index contributed by atoms with van der Waals surface area (Å²) in [6, 6.07) is 10.7. The van der Waals surface area contributed by atoms with Gasteiger partial charge in [-0.2, -0.15) is 0 Å². The first-order valence-corrected chi connectivity index (χ1v) is 10.1. The SMILES string of the molecule is CC(=O)N1CCN(c2ccc(NC(=O)COc3ccc(Cl)cc3C)cc2Cl)CC1. The van der Waals surface area contributed by atoms with E-state index in [-0.39, 0.29) is 18.4 Å². The molecule has 8 heteroatoms. The maximum atomic E-state index is 12.2. The van der Waals surface area contributed by atoms with Crippen molar-refractivity contribution in [3.05, 3.63) is 52.0 Å². The Labute approximate surface area is 180 Å². The van der Waals surface area contributed by atoms with Crippen LogP contribution in [-0.4, -0.2) is 49.5 Å². The van der Waals surface area contributed by atoms with E-state index >= 15 is 0 Å². The van der Waals surface area contributed by atoms with Crippen molar-refractivity contribution in [1.29, 1.82) is 0 Å². The zero-order chi connectivity index (χ0) is 21.0. The number of rotatable bonds is 5. The molecule has 154 valence electrons. The van der Waals surface area contributed by atoms with Gasteiger partial charge in [0, 0.05) is 43.8 Å². The molecule has 0 radical (unpaired) electrons. The van der Waals surface area contributed by atoms with Gasteiger partial charge < -0.3 is 19.9 Å². The number of ether oxygens (including phenoxy) is 1. The summed E-state index contributed by atoms with van der Waals surface area (Å²) in [7, 11) is 0. The van der Waals surface area contributed by atoms with Crippen molar-refractivity contribution in [2.24, 2.45) is 0 Å². The number of halogens is 2. The van der Waals surface area contributed by atoms with E-state index in [0.29, 0.717) is 34.6 Å². The second kappa shape index (κ2) is 9.37. The smallest absolute Gasteiger partial charge is 0.262 e. The Morgan fingerprint density at radius 2 is 1.79 bits per heavy atom. The molecule has 3 rings (SSSR count). The summed E-state index contributed by atoms with van der Waals surface area (Å²) in [5, 5.41) is 3.96. The van der Waals surface area contributed by atoms with Gasteiger partial charge in [0.1, 0.15) is 5.75 Å². The van der Waals surface area contributed by atoms with Gasteiger partial charge in [0.15, 0.2) is 6.61 Å². The molecule has 0 aliphatic carbocycles. The zero-order valence-electron chi connectivity index (χ0n) is 16.4. The molecule has 1 fully saturated rings. The van der Waals surface area contributed by atoms with Crippen molar-refractivity contribution in [2.75, 3.05) is 43.0 Å². The second-order valence-corrected chi connectivity index (χ2v) is 7.75. The largest absolute Gasteiger partial charge is 0.483 e. The van der Waals surface area contributed by atoms with Crippen LogP contribution in [0.15, 0.2) is 36.4 Å². The van der Waals surface area contributed by atoms with Gasteiger partial charge in [0.05, 0.1) is 10.7 Å². The Morgan fingerprint density at radius 3 is 2.41 bits per heavy atom. The Bertz CT molecular complexity index is 912. The molecule has 1 aliphatic heterocycles. The molecule has 1 N–H and O–H groups in total. The molecule has 0 unspecified atom stereocenters. The molecule has 0 saturated carbocycles. The number of hydrogen-bond acceptors (Lipinski definition) is 4. The van der Waals surface area contributed by atoms with E-state index in [1.54, 1.807) is 31.2 Å². The Hall–Kier alpha value is -2.44. The molecule has 0 bridgehead atoms. The lowest BCUT2D eigenvalue weighted by Gasteiger charge is -2.36. The lowest BCUT2D eigenvalue weighted by Crippen LogP contribution is -2.48. The number of aryl methyl sites for hydroxylation is 1. The summed E-state index contributed by atoms with van der Waals surface area (Å²) >= 11 is 12.4. The normalized spacial score (nSPS) is 13.9. The summed E-state index contributed by atoms with van der Waals surface area (Å²) in [6.07, 6.45) is 0. The predicted molar refractivity (Wildman–Crippen MR) is 116 cm³/mol. The molecule has 1 aliphatic rings. The van der Waals surface area contributed by atoms with Crippen molar-refractivity contribution in [3.63, 3.8) is 0 Å². The fraction of sp³-hybridized carbons (Fsp3) is 0.333. The minimum absolute atomic E-state index is 0.0878. The van der Waals surface area contributed by atoms with Crippen molar-refractivity contribution < 1.29 is 14.3 Å². The average Bonchev–Trinajstić information content (AvgIpc) is 2.67. The number of carbonyl (C=O) groups is 2. The average molecular weight is 436 g/mol. The lowest BCUT2D eigenvalue weighted by atomic mass is 10.2. The summed E-state index contributed by atoms with van der Waals surface area (Å²) in [6.45, 7) is 6.12. The zero-order valence-corrected chi connectivity index (χ0v) is 17.9. The van der Waals surface area contributed by atoms with E-state index in [1.807, 2.05) is 24.0 Å². The summed E-state index contributed by atoms with van der Waals surface area (Å²) < 4.78 is 5.56. The monoisotopic (exact) mass is 435 g/mol. The second-order valence-electron chi connectivity index (χ2n) is 6.91. The van der Waals surface area contributed by atoms with Gasteiger partial charge in [0.2, 0.25) is 5.91 Å². The van der Waals surface area contributed by atoms with Crippen molar-refractivity contribution in [1.82, 2.24) is 4.90 Å². The van der Waals surface area contributed by atoms with Crippen molar-refractivity contribution >= 4 is 46.4 Å². The van der Waals surface area contributed by atoms with E-state index in [4.69, 9.17) is 27.9 Å². The van der Waals surface area contributed by atoms with Crippen molar-refractivity contribution in [3.8, 4) is 5.75 Å². The number of carbonyl (C=O) groups excluding carboxylic acids is 2. The van der Waals surface area contributed by atoms with Gasteiger partial charge in [-0.15, -0.1) is 0 Å². The van der Waals surface area contributed by atoms with Crippen LogP contribution in [0.5, 0.6) is 5.75 Å². The quantitative estimate of drug-likeness (QED) is 0.770. The van der Waals surface area contributed by atoms with Gasteiger partial charge >= 0.3 is 0 Å². The van der Waals surface area contributed by atoms with Crippen LogP contribution in [0.3, 0.4) is 0 Å². The van der Waals surface area contributed by atoms with Gasteiger partial charge in [-0.3, -0.25) is 9.59 Å². The van der Waals surface area contributed by atoms with Crippen LogP contribution in [0.4, 0.5) is 11.4 Å². The molecule has 0 aromatic heterocycles. The fourth-order valence-electron chi connectivity index (χ4n) is 3.22. The Morgan fingerprint density at radius 1 is 1.07 bits per heavy atom. The molecule has 2 amide bonds. The number of amides is 2. The predicted octanol–water partition coefficient (Wildman–Crippen LogP) is 3.99. The van der Waals surface area contributed by atoms with E-state index in [9.17, 15) is 9.59 Å². The van der Waals surface area contributed by atoms with Gasteiger partial charge in [-0.25, -0.2) is 0 Å². The van der Waals surface area contributed by atoms with E-state index in [2.05, 4.69) is 10.2 Å². The lowest BCUT2D eigenvalue weighted by molar-refractivity contribution is -0.129. The molecule has 29 heavy (non-hydrogen) atoms. The standard InChI is InChI=1S/C21H23Cl2N3O3/c1-14-11-16(22)3-6-20(14)29-13-21(28)24-17-4-5-19(18(23)12-17)26-9-7-25(8-10-26)15(2)27/h3-6,11-12H,7-10,13H2,1-2H3,(H,24,28). The highest BCUT2D eigenvalue weighted by atomic mass is 35.5. The van der Waals surface area contributed by atoms with Crippen LogP contribution < -0.4 is 15.0 Å². The number of anilines is 2. The fourth-order valence-corrected chi connectivity index (χ4v) is 3.75. The molecule has 1 heterocycles. The number of hydrogen-bond donors (Lipinski definition) is 1. The third-order valence-corrected chi connectivity index (χ3v) is 5.33. The first-order valence-electron chi connectivity index (χ1n) is 9.32. The Kier molecular flexibility index (Phi) is 6.87. The van der Waals surface area contributed by atoms with Crippen LogP contribution in [0, 0.1) is 6.92 Å². The topological polar surface area (TPSA) is 61.9 Å². The van der Waals surface area contributed by atoms with Crippen LogP contribution >= 0.6 is 23.2 Å². The first kappa shape index (κ1) is 21.3. The van der Waals surface area contributed by atoms with Crippen LogP contribution in [0.1, 0.15) is 12.5 Å². The third-order valence-electron chi connectivity index (χ3n) is 4.79. The molecular formula is C21H23Cl2N3O3. The van der Waals surface area contributed by atoms with Crippen molar-refractivity contribution in [2.45, 2.75) is 13.8 Å². The van der Waals surface area contributed by atoms with E-state index in [0.717, 1.165) is 24.3 Å². The first-order chi connectivity index (χ1) is 13.8. The molecule has 2 aromatic carbocycles. The maximum absolute atomic E-state index is 12.2.